The van der Waals surface area contributed by atoms with Gasteiger partial charge in [0.2, 0.25) is 5.91 Å². The standard InChI is InChI=1S/C23H19FN2O5/c24-17-7-2-1-4-13(17)10-20(29)25-12-14-5-3-6-16-21(14)23(31)26(22(16)30)18-9-8-15(27)11-19(18)28/h1-7,18H,8-12H2,(H,25,29). The van der Waals surface area contributed by atoms with E-state index in [9.17, 15) is 28.4 Å². The summed E-state index contributed by atoms with van der Waals surface area (Å²) in [6, 6.07) is 9.71. The van der Waals surface area contributed by atoms with Crippen molar-refractivity contribution in [2.45, 2.75) is 38.3 Å². The average Bonchev–Trinajstić information content (AvgIpc) is 2.99. The van der Waals surface area contributed by atoms with Crippen LogP contribution in [0.4, 0.5) is 4.39 Å². The van der Waals surface area contributed by atoms with Gasteiger partial charge in [-0.1, -0.05) is 30.3 Å². The highest BCUT2D eigenvalue weighted by molar-refractivity contribution is 6.24. The summed E-state index contributed by atoms with van der Waals surface area (Å²) >= 11 is 0. The van der Waals surface area contributed by atoms with Crippen molar-refractivity contribution < 1.29 is 28.4 Å². The third kappa shape index (κ3) is 3.88. The Morgan fingerprint density at radius 2 is 1.74 bits per heavy atom. The fourth-order valence-electron chi connectivity index (χ4n) is 4.01. The van der Waals surface area contributed by atoms with Crippen LogP contribution in [0.15, 0.2) is 42.5 Å². The van der Waals surface area contributed by atoms with E-state index < -0.39 is 35.4 Å². The van der Waals surface area contributed by atoms with E-state index >= 15 is 0 Å². The first kappa shape index (κ1) is 20.6. The normalized spacial score (nSPS) is 18.4. The van der Waals surface area contributed by atoms with Crippen LogP contribution in [-0.4, -0.2) is 40.2 Å². The van der Waals surface area contributed by atoms with Crippen LogP contribution in [-0.2, 0) is 27.3 Å². The lowest BCUT2D eigenvalue weighted by atomic mass is 9.92. The van der Waals surface area contributed by atoms with Crippen LogP contribution < -0.4 is 5.32 Å². The molecule has 8 heteroatoms. The minimum Gasteiger partial charge on any atom is -0.352 e. The Bertz CT molecular complexity index is 1130. The number of carbonyl (C=O) groups is 5. The number of ketones is 2. The minimum atomic E-state index is -0.950. The van der Waals surface area contributed by atoms with Gasteiger partial charge in [-0.15, -0.1) is 0 Å². The molecule has 4 rings (SSSR count). The molecule has 1 aliphatic carbocycles. The van der Waals surface area contributed by atoms with Crippen molar-refractivity contribution in [2.24, 2.45) is 0 Å². The largest absolute Gasteiger partial charge is 0.352 e. The van der Waals surface area contributed by atoms with Crippen LogP contribution >= 0.6 is 0 Å². The predicted octanol–water partition coefficient (Wildman–Crippen LogP) is 1.97. The van der Waals surface area contributed by atoms with Crippen LogP contribution in [0.1, 0.15) is 51.1 Å². The second-order valence-corrected chi connectivity index (χ2v) is 7.60. The van der Waals surface area contributed by atoms with Crippen molar-refractivity contribution in [1.82, 2.24) is 10.2 Å². The molecule has 158 valence electrons. The van der Waals surface area contributed by atoms with E-state index in [0.29, 0.717) is 5.56 Å². The lowest BCUT2D eigenvalue weighted by molar-refractivity contribution is -0.132. The zero-order valence-corrected chi connectivity index (χ0v) is 16.5. The van der Waals surface area contributed by atoms with Crippen LogP contribution in [0.3, 0.4) is 0 Å². The molecule has 2 aromatic rings. The number of Topliss-reactive ketones (excluding diaryl/α,β-unsaturated/α-hetero) is 2. The molecule has 0 spiro atoms. The van der Waals surface area contributed by atoms with Gasteiger partial charge < -0.3 is 5.32 Å². The third-order valence-electron chi connectivity index (χ3n) is 5.57. The molecule has 2 aliphatic rings. The van der Waals surface area contributed by atoms with Gasteiger partial charge in [0.1, 0.15) is 11.6 Å². The van der Waals surface area contributed by atoms with E-state index in [-0.39, 0.29) is 54.7 Å². The summed E-state index contributed by atoms with van der Waals surface area (Å²) in [6.45, 7) is -0.0274. The summed E-state index contributed by atoms with van der Waals surface area (Å²) < 4.78 is 13.7. The summed E-state index contributed by atoms with van der Waals surface area (Å²) in [6.07, 6.45) is -0.178. The fraction of sp³-hybridized carbons (Fsp3) is 0.261. The topological polar surface area (TPSA) is 101 Å². The zero-order chi connectivity index (χ0) is 22.1. The van der Waals surface area contributed by atoms with Gasteiger partial charge in [-0.3, -0.25) is 28.9 Å². The molecule has 1 heterocycles. The monoisotopic (exact) mass is 422 g/mol. The van der Waals surface area contributed by atoms with Gasteiger partial charge in [-0.2, -0.15) is 0 Å². The number of carbonyl (C=O) groups excluding carboxylic acids is 5. The lowest BCUT2D eigenvalue weighted by Crippen LogP contribution is -2.47. The molecule has 0 radical (unpaired) electrons. The van der Waals surface area contributed by atoms with Crippen LogP contribution in [0.2, 0.25) is 0 Å². The van der Waals surface area contributed by atoms with Gasteiger partial charge in [0.15, 0.2) is 5.78 Å². The van der Waals surface area contributed by atoms with E-state index in [1.807, 2.05) is 0 Å². The highest BCUT2D eigenvalue weighted by Crippen LogP contribution is 2.31. The summed E-state index contributed by atoms with van der Waals surface area (Å²) in [5, 5.41) is 2.65. The molecule has 0 saturated heterocycles. The number of halogens is 1. The van der Waals surface area contributed by atoms with Crippen molar-refractivity contribution in [3.63, 3.8) is 0 Å². The number of fused-ring (bicyclic) bond motifs is 1. The molecule has 1 unspecified atom stereocenters. The number of hydrogen-bond donors (Lipinski definition) is 1. The first-order chi connectivity index (χ1) is 14.9. The third-order valence-corrected chi connectivity index (χ3v) is 5.57. The van der Waals surface area contributed by atoms with Crippen molar-refractivity contribution in [2.75, 3.05) is 0 Å². The van der Waals surface area contributed by atoms with Crippen molar-refractivity contribution in [3.05, 3.63) is 70.5 Å². The van der Waals surface area contributed by atoms with Crippen molar-refractivity contribution >= 4 is 29.3 Å². The Morgan fingerprint density at radius 1 is 1.00 bits per heavy atom. The number of nitrogens with zero attached hydrogens (tertiary/aromatic N) is 1. The highest BCUT2D eigenvalue weighted by atomic mass is 19.1. The zero-order valence-electron chi connectivity index (χ0n) is 16.5. The molecule has 2 aromatic carbocycles. The molecule has 1 aliphatic heterocycles. The molecule has 0 bridgehead atoms. The molecule has 1 saturated carbocycles. The fourth-order valence-corrected chi connectivity index (χ4v) is 4.01. The van der Waals surface area contributed by atoms with Crippen molar-refractivity contribution in [1.29, 1.82) is 0 Å². The first-order valence-electron chi connectivity index (χ1n) is 9.91. The summed E-state index contributed by atoms with van der Waals surface area (Å²) in [7, 11) is 0. The van der Waals surface area contributed by atoms with Crippen LogP contribution in [0, 0.1) is 5.82 Å². The Kier molecular flexibility index (Phi) is 5.46. The smallest absolute Gasteiger partial charge is 0.262 e. The average molecular weight is 422 g/mol. The van der Waals surface area contributed by atoms with Gasteiger partial charge in [0, 0.05) is 13.0 Å². The van der Waals surface area contributed by atoms with Gasteiger partial charge in [-0.05, 0) is 29.7 Å². The molecule has 0 aromatic heterocycles. The number of amides is 3. The SMILES string of the molecule is O=C1CCC(N2C(=O)c3cccc(CNC(=O)Cc4ccccc4F)c3C2=O)C(=O)C1. The van der Waals surface area contributed by atoms with Crippen molar-refractivity contribution in [3.8, 4) is 0 Å². The number of imide groups is 1. The van der Waals surface area contributed by atoms with E-state index in [1.54, 1.807) is 18.2 Å². The number of hydrogen-bond acceptors (Lipinski definition) is 5. The maximum Gasteiger partial charge on any atom is 0.262 e. The van der Waals surface area contributed by atoms with E-state index in [0.717, 1.165) is 4.90 Å². The Balaban J connectivity index is 1.51. The van der Waals surface area contributed by atoms with E-state index in [1.165, 1.54) is 24.3 Å². The maximum absolute atomic E-state index is 13.7. The van der Waals surface area contributed by atoms with Gasteiger partial charge in [-0.25, -0.2) is 4.39 Å². The van der Waals surface area contributed by atoms with E-state index in [2.05, 4.69) is 5.32 Å². The number of nitrogens with one attached hydrogen (secondary N) is 1. The van der Waals surface area contributed by atoms with E-state index in [4.69, 9.17) is 0 Å². The highest BCUT2D eigenvalue weighted by Gasteiger charge is 2.45. The number of rotatable bonds is 5. The van der Waals surface area contributed by atoms with Gasteiger partial charge in [0.05, 0.1) is 30.0 Å². The lowest BCUT2D eigenvalue weighted by Gasteiger charge is -2.27. The van der Waals surface area contributed by atoms with Crippen LogP contribution in [0.25, 0.3) is 0 Å². The predicted molar refractivity (Wildman–Crippen MR) is 107 cm³/mol. The van der Waals surface area contributed by atoms with Crippen LogP contribution in [0.5, 0.6) is 0 Å². The summed E-state index contributed by atoms with van der Waals surface area (Å²) in [5.41, 5.74) is 0.986. The van der Waals surface area contributed by atoms with Gasteiger partial charge in [0.25, 0.3) is 11.8 Å². The van der Waals surface area contributed by atoms with Gasteiger partial charge >= 0.3 is 0 Å². The first-order valence-corrected chi connectivity index (χ1v) is 9.91. The Hall–Kier alpha value is -3.68. The second-order valence-electron chi connectivity index (χ2n) is 7.60. The molecular formula is C23H19FN2O5. The quantitative estimate of drug-likeness (QED) is 0.587. The number of benzene rings is 2. The molecule has 1 N–H and O–H groups in total. The Labute approximate surface area is 177 Å². The summed E-state index contributed by atoms with van der Waals surface area (Å²) in [4.78, 5) is 62.8. The molecule has 1 atom stereocenters. The maximum atomic E-state index is 13.7. The molecule has 1 fully saturated rings. The molecular weight excluding hydrogens is 403 g/mol. The molecule has 7 nitrogen and oxygen atoms in total. The second kappa shape index (κ2) is 8.22. The molecule has 31 heavy (non-hydrogen) atoms. The Morgan fingerprint density at radius 3 is 2.48 bits per heavy atom. The summed E-state index contributed by atoms with van der Waals surface area (Å²) in [5.74, 6) is -2.73. The molecule has 3 amide bonds. The minimum absolute atomic E-state index is 0.0274.